The van der Waals surface area contributed by atoms with Crippen molar-refractivity contribution in [3.05, 3.63) is 30.2 Å². The molecule has 21 heavy (non-hydrogen) atoms. The largest absolute Gasteiger partial charge is 0.461 e. The van der Waals surface area contributed by atoms with Crippen LogP contribution in [0, 0.1) is 0 Å². The number of rotatable bonds is 3. The molecule has 2 unspecified atom stereocenters. The number of carbonyl (C=O) groups excluding carboxylic acids is 1. The maximum absolute atomic E-state index is 12.1. The molecule has 2 atom stereocenters. The van der Waals surface area contributed by atoms with Gasteiger partial charge in [-0.25, -0.2) is 0 Å². The molecule has 6 nitrogen and oxygen atoms in total. The number of hydrogen-bond acceptors (Lipinski definition) is 5. The zero-order valence-electron chi connectivity index (χ0n) is 11.7. The number of hydrogen-bond donors (Lipinski definition) is 2. The highest BCUT2D eigenvalue weighted by Crippen LogP contribution is 2.20. The van der Waals surface area contributed by atoms with Gasteiger partial charge in [0.15, 0.2) is 11.5 Å². The molecule has 0 aliphatic carbocycles. The van der Waals surface area contributed by atoms with E-state index in [9.17, 15) is 4.79 Å². The first kappa shape index (κ1) is 15.6. The molecule has 1 aliphatic rings. The molecule has 3 rings (SSSR count). The molecule has 3 heterocycles. The van der Waals surface area contributed by atoms with Gasteiger partial charge >= 0.3 is 0 Å². The maximum atomic E-state index is 12.1. The molecule has 7 heteroatoms. The number of furan rings is 1. The van der Waals surface area contributed by atoms with Gasteiger partial charge in [0.2, 0.25) is 5.76 Å². The van der Waals surface area contributed by atoms with Gasteiger partial charge in [0.05, 0.1) is 6.26 Å². The van der Waals surface area contributed by atoms with Gasteiger partial charge in [-0.3, -0.25) is 4.79 Å². The van der Waals surface area contributed by atoms with Crippen LogP contribution >= 0.6 is 12.4 Å². The summed E-state index contributed by atoms with van der Waals surface area (Å²) in [6.07, 6.45) is 3.40. The van der Waals surface area contributed by atoms with Crippen LogP contribution in [0.2, 0.25) is 0 Å². The van der Waals surface area contributed by atoms with Crippen LogP contribution in [0.5, 0.6) is 0 Å². The molecule has 2 aromatic heterocycles. The lowest BCUT2D eigenvalue weighted by Gasteiger charge is -2.28. The summed E-state index contributed by atoms with van der Waals surface area (Å²) in [5, 5.41) is 10.1. The van der Waals surface area contributed by atoms with Crippen molar-refractivity contribution in [1.29, 1.82) is 0 Å². The minimum Gasteiger partial charge on any atom is -0.461 e. The molecule has 0 spiro atoms. The average Bonchev–Trinajstić information content (AvgIpc) is 3.10. The SMILES string of the molecule is CC1CC(NC(=O)c2cc(-c3ccco3)on2)CCN1.Cl. The molecule has 1 amide bonds. The molecule has 1 aliphatic heterocycles. The number of nitrogens with one attached hydrogen (secondary N) is 2. The van der Waals surface area contributed by atoms with E-state index in [0.29, 0.717) is 17.6 Å². The van der Waals surface area contributed by atoms with Crippen molar-refractivity contribution in [2.75, 3.05) is 6.54 Å². The van der Waals surface area contributed by atoms with Crippen LogP contribution in [0.15, 0.2) is 33.4 Å². The Balaban J connectivity index is 0.00000161. The standard InChI is InChI=1S/C14H17N3O3.ClH/c1-9-7-10(4-5-15-9)16-14(18)11-8-13(20-17-11)12-3-2-6-19-12;/h2-3,6,8-10,15H,4-5,7H2,1H3,(H,16,18);1H. The number of aromatic nitrogens is 1. The van der Waals surface area contributed by atoms with Crippen LogP contribution in [-0.4, -0.2) is 29.7 Å². The van der Waals surface area contributed by atoms with Gasteiger partial charge in [-0.1, -0.05) is 5.16 Å². The quantitative estimate of drug-likeness (QED) is 0.908. The molecule has 2 N–H and O–H groups in total. The molecule has 1 saturated heterocycles. The van der Waals surface area contributed by atoms with Crippen LogP contribution in [0.3, 0.4) is 0 Å². The van der Waals surface area contributed by atoms with Gasteiger partial charge in [-0.05, 0) is 38.4 Å². The molecular weight excluding hydrogens is 294 g/mol. The molecule has 114 valence electrons. The first-order valence-corrected chi connectivity index (χ1v) is 6.77. The van der Waals surface area contributed by atoms with Gasteiger partial charge in [0.1, 0.15) is 0 Å². The topological polar surface area (TPSA) is 80.3 Å². The van der Waals surface area contributed by atoms with E-state index in [1.165, 1.54) is 0 Å². The Labute approximate surface area is 128 Å². The number of piperidine rings is 1. The molecule has 2 aromatic rings. The van der Waals surface area contributed by atoms with Crippen LogP contribution in [-0.2, 0) is 0 Å². The van der Waals surface area contributed by atoms with Crippen molar-refractivity contribution in [1.82, 2.24) is 15.8 Å². The van der Waals surface area contributed by atoms with Crippen molar-refractivity contribution in [3.8, 4) is 11.5 Å². The van der Waals surface area contributed by atoms with E-state index in [1.807, 2.05) is 0 Å². The highest BCUT2D eigenvalue weighted by atomic mass is 35.5. The first-order chi connectivity index (χ1) is 9.72. The Morgan fingerprint density at radius 2 is 2.33 bits per heavy atom. The maximum Gasteiger partial charge on any atom is 0.273 e. The molecule has 1 fully saturated rings. The van der Waals surface area contributed by atoms with Gasteiger partial charge < -0.3 is 19.6 Å². The van der Waals surface area contributed by atoms with Gasteiger partial charge in [-0.2, -0.15) is 0 Å². The number of amides is 1. The van der Waals surface area contributed by atoms with E-state index >= 15 is 0 Å². The highest BCUT2D eigenvalue weighted by molar-refractivity contribution is 5.93. The third-order valence-corrected chi connectivity index (χ3v) is 3.47. The minimum atomic E-state index is -0.203. The van der Waals surface area contributed by atoms with E-state index in [0.717, 1.165) is 19.4 Å². The lowest BCUT2D eigenvalue weighted by Crippen LogP contribution is -2.46. The summed E-state index contributed by atoms with van der Waals surface area (Å²) in [6.45, 7) is 3.03. The van der Waals surface area contributed by atoms with Crippen molar-refractivity contribution in [3.63, 3.8) is 0 Å². The molecule has 0 saturated carbocycles. The second-order valence-electron chi connectivity index (χ2n) is 5.10. The third-order valence-electron chi connectivity index (χ3n) is 3.47. The lowest BCUT2D eigenvalue weighted by atomic mass is 10.0. The smallest absolute Gasteiger partial charge is 0.273 e. The Kier molecular flexibility index (Phi) is 5.03. The Morgan fingerprint density at radius 3 is 3.05 bits per heavy atom. The summed E-state index contributed by atoms with van der Waals surface area (Å²) < 4.78 is 10.3. The third kappa shape index (κ3) is 3.65. The lowest BCUT2D eigenvalue weighted by molar-refractivity contribution is 0.0916. The fourth-order valence-corrected chi connectivity index (χ4v) is 2.44. The second kappa shape index (κ2) is 6.78. The molecular formula is C14H18ClN3O3. The fourth-order valence-electron chi connectivity index (χ4n) is 2.44. The normalized spacial score (nSPS) is 21.6. The van der Waals surface area contributed by atoms with Crippen LogP contribution in [0.1, 0.15) is 30.3 Å². The zero-order valence-corrected chi connectivity index (χ0v) is 12.5. The van der Waals surface area contributed by atoms with Gasteiger partial charge in [0, 0.05) is 18.2 Å². The molecule has 0 aromatic carbocycles. The summed E-state index contributed by atoms with van der Waals surface area (Å²) in [6, 6.07) is 5.72. The highest BCUT2D eigenvalue weighted by Gasteiger charge is 2.22. The fraction of sp³-hybridized carbons (Fsp3) is 0.429. The Morgan fingerprint density at radius 1 is 1.48 bits per heavy atom. The minimum absolute atomic E-state index is 0. The molecule has 0 radical (unpaired) electrons. The molecule has 0 bridgehead atoms. The van der Waals surface area contributed by atoms with Crippen molar-refractivity contribution < 1.29 is 13.7 Å². The predicted molar refractivity (Wildman–Crippen MR) is 79.4 cm³/mol. The average molecular weight is 312 g/mol. The summed E-state index contributed by atoms with van der Waals surface area (Å²) in [5.74, 6) is 0.816. The van der Waals surface area contributed by atoms with Crippen LogP contribution < -0.4 is 10.6 Å². The Bertz CT molecular complexity index is 582. The van der Waals surface area contributed by atoms with Crippen molar-refractivity contribution in [2.45, 2.75) is 31.8 Å². The predicted octanol–water partition coefficient (Wildman–Crippen LogP) is 2.23. The van der Waals surface area contributed by atoms with Crippen LogP contribution in [0.4, 0.5) is 0 Å². The van der Waals surface area contributed by atoms with Gasteiger partial charge in [0.25, 0.3) is 5.91 Å². The summed E-state index contributed by atoms with van der Waals surface area (Å²) in [5.41, 5.74) is 0.280. The van der Waals surface area contributed by atoms with Crippen LogP contribution in [0.25, 0.3) is 11.5 Å². The number of nitrogens with zero attached hydrogens (tertiary/aromatic N) is 1. The Hall–Kier alpha value is -1.79. The zero-order chi connectivity index (χ0) is 13.9. The summed E-state index contributed by atoms with van der Waals surface area (Å²) >= 11 is 0. The second-order valence-corrected chi connectivity index (χ2v) is 5.10. The van der Waals surface area contributed by atoms with Crippen molar-refractivity contribution in [2.24, 2.45) is 0 Å². The first-order valence-electron chi connectivity index (χ1n) is 6.77. The summed E-state index contributed by atoms with van der Waals surface area (Å²) in [4.78, 5) is 12.1. The monoisotopic (exact) mass is 311 g/mol. The number of carbonyl (C=O) groups is 1. The van der Waals surface area contributed by atoms with E-state index in [-0.39, 0.29) is 30.0 Å². The van der Waals surface area contributed by atoms with E-state index < -0.39 is 0 Å². The van der Waals surface area contributed by atoms with E-state index in [2.05, 4.69) is 22.7 Å². The van der Waals surface area contributed by atoms with E-state index in [1.54, 1.807) is 24.5 Å². The van der Waals surface area contributed by atoms with Crippen molar-refractivity contribution >= 4 is 18.3 Å². The number of halogens is 1. The van der Waals surface area contributed by atoms with Gasteiger partial charge in [-0.15, -0.1) is 12.4 Å². The van der Waals surface area contributed by atoms with E-state index in [4.69, 9.17) is 8.94 Å². The summed E-state index contributed by atoms with van der Waals surface area (Å²) in [7, 11) is 0.